The molecule has 0 bridgehead atoms. The lowest BCUT2D eigenvalue weighted by molar-refractivity contribution is 0.657. The molecule has 9 aromatic rings. The number of benzene rings is 5. The summed E-state index contributed by atoms with van der Waals surface area (Å²) in [6, 6.07) is 36.9. The molecule has 0 aliphatic rings. The monoisotopic (exact) mass is 628 g/mol. The summed E-state index contributed by atoms with van der Waals surface area (Å²) in [5.41, 5.74) is 10.8. The van der Waals surface area contributed by atoms with Gasteiger partial charge >= 0.3 is 0 Å². The predicted octanol–water partition coefficient (Wildman–Crippen LogP) is 12.1. The molecule has 0 aliphatic heterocycles. The summed E-state index contributed by atoms with van der Waals surface area (Å²) in [5.74, 6) is 1.16. The van der Waals surface area contributed by atoms with Gasteiger partial charge in [0.25, 0.3) is 0 Å². The number of aromatic nitrogens is 3. The molecule has 0 N–H and O–H groups in total. The highest BCUT2D eigenvalue weighted by Gasteiger charge is 2.27. The molecular weight excluding hydrogens is 590 g/mol. The lowest BCUT2D eigenvalue weighted by Crippen LogP contribution is -2.09. The summed E-state index contributed by atoms with van der Waals surface area (Å²) in [6.07, 6.45) is 0. The number of para-hydroxylation sites is 4. The van der Waals surface area contributed by atoms with E-state index in [1.54, 1.807) is 0 Å². The third-order valence-electron chi connectivity index (χ3n) is 9.50. The smallest absolute Gasteiger partial charge is 0.165 e. The van der Waals surface area contributed by atoms with Crippen molar-refractivity contribution in [2.75, 3.05) is 0 Å². The van der Waals surface area contributed by atoms with Crippen molar-refractivity contribution in [2.24, 2.45) is 0 Å². The van der Waals surface area contributed by atoms with Gasteiger partial charge in [-0.05, 0) is 83.4 Å². The molecule has 0 saturated carbocycles. The van der Waals surface area contributed by atoms with Crippen molar-refractivity contribution in [3.8, 4) is 28.2 Å². The molecule has 4 heterocycles. The van der Waals surface area contributed by atoms with Crippen LogP contribution in [0.5, 0.6) is 0 Å². The van der Waals surface area contributed by atoms with Crippen LogP contribution in [0.1, 0.15) is 60.5 Å². The van der Waals surface area contributed by atoms with E-state index in [9.17, 15) is 0 Å². The van der Waals surface area contributed by atoms with E-state index in [1.807, 2.05) is 60.7 Å². The standard InChI is InChI=1S/C43H35N3O2/c1-24(2)32-22-28(27-14-7-6-8-15-27)23-33(25(3)4)39(32)46-35-20-11-10-19-34(35)45-43(46)31-18-13-17-30-38-42(48-41(30)31)37-29-16-9-12-21-36(29)47-40(37)26(5)44-38/h6-25H,1-5H3/i5D3. The minimum absolute atomic E-state index is 0.0804. The van der Waals surface area contributed by atoms with Crippen LogP contribution in [0.2, 0.25) is 0 Å². The van der Waals surface area contributed by atoms with Crippen LogP contribution in [0.3, 0.4) is 0 Å². The Hall–Kier alpha value is -5.68. The zero-order valence-corrected chi connectivity index (χ0v) is 27.2. The maximum absolute atomic E-state index is 8.37. The first-order chi connectivity index (χ1) is 24.6. The lowest BCUT2D eigenvalue weighted by Gasteiger charge is -2.24. The Balaban J connectivity index is 1.40. The van der Waals surface area contributed by atoms with Gasteiger partial charge < -0.3 is 8.83 Å². The minimum Gasteiger partial charge on any atom is -0.454 e. The average Bonchev–Trinajstić information content (AvgIpc) is 3.82. The van der Waals surface area contributed by atoms with E-state index < -0.39 is 6.85 Å². The number of furan rings is 2. The molecule has 0 aliphatic carbocycles. The van der Waals surface area contributed by atoms with Gasteiger partial charge in [-0.3, -0.25) is 4.57 Å². The first-order valence-electron chi connectivity index (χ1n) is 18.0. The van der Waals surface area contributed by atoms with Gasteiger partial charge in [0.05, 0.1) is 33.4 Å². The van der Waals surface area contributed by atoms with Gasteiger partial charge in [0.15, 0.2) is 11.2 Å². The van der Waals surface area contributed by atoms with Gasteiger partial charge in [-0.2, -0.15) is 0 Å². The van der Waals surface area contributed by atoms with E-state index >= 15 is 0 Å². The van der Waals surface area contributed by atoms with Crippen molar-refractivity contribution >= 4 is 55.0 Å². The number of pyridine rings is 1. The van der Waals surface area contributed by atoms with Crippen molar-refractivity contribution in [2.45, 2.75) is 46.4 Å². The van der Waals surface area contributed by atoms with E-state index in [4.69, 9.17) is 22.9 Å². The second-order valence-electron chi connectivity index (χ2n) is 13.2. The van der Waals surface area contributed by atoms with Crippen molar-refractivity contribution in [1.82, 2.24) is 14.5 Å². The number of hydrogen-bond acceptors (Lipinski definition) is 4. The van der Waals surface area contributed by atoms with Crippen molar-refractivity contribution < 1.29 is 12.9 Å². The molecule has 5 heteroatoms. The lowest BCUT2D eigenvalue weighted by atomic mass is 9.88. The van der Waals surface area contributed by atoms with Gasteiger partial charge in [0.2, 0.25) is 0 Å². The minimum atomic E-state index is -2.50. The van der Waals surface area contributed by atoms with Crippen LogP contribution >= 0.6 is 0 Å². The summed E-state index contributed by atoms with van der Waals surface area (Å²) in [4.78, 5) is 10.0. The topological polar surface area (TPSA) is 57.0 Å². The van der Waals surface area contributed by atoms with Crippen LogP contribution in [0.25, 0.3) is 83.2 Å². The highest BCUT2D eigenvalue weighted by Crippen LogP contribution is 2.44. The van der Waals surface area contributed by atoms with Crippen LogP contribution < -0.4 is 0 Å². The number of imidazole rings is 1. The molecule has 0 saturated heterocycles. The molecule has 5 nitrogen and oxygen atoms in total. The zero-order valence-electron chi connectivity index (χ0n) is 30.2. The average molecular weight is 629 g/mol. The van der Waals surface area contributed by atoms with Crippen molar-refractivity contribution in [3.05, 3.63) is 126 Å². The molecule has 4 aromatic heterocycles. The quantitative estimate of drug-likeness (QED) is 0.190. The fraction of sp³-hybridized carbons (Fsp3) is 0.163. The Morgan fingerprint density at radius 2 is 1.35 bits per heavy atom. The number of aryl methyl sites for hydroxylation is 1. The molecule has 0 atom stereocenters. The van der Waals surface area contributed by atoms with Gasteiger partial charge in [0.1, 0.15) is 22.5 Å². The Labute approximate surface area is 282 Å². The molecule has 9 rings (SSSR count). The highest BCUT2D eigenvalue weighted by molar-refractivity contribution is 6.22. The van der Waals surface area contributed by atoms with Crippen molar-refractivity contribution in [1.29, 1.82) is 0 Å². The largest absolute Gasteiger partial charge is 0.454 e. The second-order valence-corrected chi connectivity index (χ2v) is 13.2. The van der Waals surface area contributed by atoms with Crippen LogP contribution in [-0.2, 0) is 0 Å². The fourth-order valence-electron chi connectivity index (χ4n) is 7.21. The van der Waals surface area contributed by atoms with Gasteiger partial charge in [-0.25, -0.2) is 9.97 Å². The number of rotatable bonds is 5. The number of nitrogens with zero attached hydrogens (tertiary/aromatic N) is 3. The van der Waals surface area contributed by atoms with Gasteiger partial charge in [-0.1, -0.05) is 94.4 Å². The summed E-state index contributed by atoms with van der Waals surface area (Å²) >= 11 is 0. The Morgan fingerprint density at radius 3 is 2.12 bits per heavy atom. The van der Waals surface area contributed by atoms with Crippen LogP contribution in [0.4, 0.5) is 0 Å². The van der Waals surface area contributed by atoms with E-state index in [0.29, 0.717) is 33.0 Å². The predicted molar refractivity (Wildman–Crippen MR) is 197 cm³/mol. The molecule has 0 spiro atoms. The first kappa shape index (κ1) is 25.4. The fourth-order valence-corrected chi connectivity index (χ4v) is 7.21. The third-order valence-corrected chi connectivity index (χ3v) is 9.50. The maximum atomic E-state index is 8.37. The van der Waals surface area contributed by atoms with E-state index in [-0.39, 0.29) is 23.1 Å². The summed E-state index contributed by atoms with van der Waals surface area (Å²) in [7, 11) is 0. The Kier molecular flexibility index (Phi) is 5.65. The van der Waals surface area contributed by atoms with E-state index in [0.717, 1.165) is 33.5 Å². The molecular formula is C43H35N3O2. The number of fused-ring (bicyclic) bond motifs is 8. The summed E-state index contributed by atoms with van der Waals surface area (Å²) in [5, 5.41) is 2.10. The van der Waals surface area contributed by atoms with Gasteiger partial charge in [0, 0.05) is 14.9 Å². The summed E-state index contributed by atoms with van der Waals surface area (Å²) in [6.45, 7) is 6.47. The highest BCUT2D eigenvalue weighted by atomic mass is 16.3. The first-order valence-corrected chi connectivity index (χ1v) is 16.5. The molecule has 0 amide bonds. The molecule has 0 unspecified atom stereocenters. The summed E-state index contributed by atoms with van der Waals surface area (Å²) < 4.78 is 40.4. The van der Waals surface area contributed by atoms with Crippen LogP contribution in [0.15, 0.2) is 118 Å². The molecule has 234 valence electrons. The third kappa shape index (κ3) is 4.17. The van der Waals surface area contributed by atoms with Crippen LogP contribution in [-0.4, -0.2) is 14.5 Å². The second kappa shape index (κ2) is 10.7. The molecule has 5 aromatic carbocycles. The van der Waals surface area contributed by atoms with E-state index in [2.05, 4.69) is 80.8 Å². The molecule has 48 heavy (non-hydrogen) atoms. The van der Waals surface area contributed by atoms with Gasteiger partial charge in [-0.15, -0.1) is 0 Å². The van der Waals surface area contributed by atoms with E-state index in [1.165, 1.54) is 22.3 Å². The number of hydrogen-bond donors (Lipinski definition) is 0. The Bertz CT molecular complexity index is 2780. The molecule has 0 radical (unpaired) electrons. The van der Waals surface area contributed by atoms with Crippen LogP contribution in [0, 0.1) is 6.85 Å². The SMILES string of the molecule is [2H]C([2H])([2H])c1nc2c3cccc(-c4nc5ccccc5n4-c4c(C(C)C)cc(-c5ccccc5)cc4C(C)C)c3oc2c2c1oc1ccccc12. The normalized spacial score (nSPS) is 13.4. The zero-order chi connectivity index (χ0) is 35.2. The molecule has 0 fully saturated rings. The Morgan fingerprint density at radius 1 is 0.646 bits per heavy atom. The maximum Gasteiger partial charge on any atom is 0.165 e. The van der Waals surface area contributed by atoms with Crippen molar-refractivity contribution in [3.63, 3.8) is 0 Å².